The Morgan fingerprint density at radius 1 is 1.08 bits per heavy atom. The van der Waals surface area contributed by atoms with E-state index >= 15 is 0 Å². The first-order chi connectivity index (χ1) is 12.4. The zero-order chi connectivity index (χ0) is 19.5. The Balaban J connectivity index is 2.37. The maximum absolute atomic E-state index is 11.8. The monoisotopic (exact) mass is 366 g/mol. The molecule has 0 saturated heterocycles. The molecule has 0 spiro atoms. The van der Waals surface area contributed by atoms with E-state index in [1.807, 2.05) is 19.9 Å². The molecule has 2 amide bonds. The van der Waals surface area contributed by atoms with Gasteiger partial charge >= 0.3 is 5.97 Å². The van der Waals surface area contributed by atoms with Crippen LogP contribution in [0.4, 0.5) is 0 Å². The number of aryl methyl sites for hydroxylation is 1. The van der Waals surface area contributed by atoms with Gasteiger partial charge in [-0.3, -0.25) is 14.4 Å². The lowest BCUT2D eigenvalue weighted by Gasteiger charge is -2.12. The number of carbonyl (C=O) groups is 3. The van der Waals surface area contributed by atoms with E-state index in [0.717, 1.165) is 5.56 Å². The van der Waals surface area contributed by atoms with Crippen molar-refractivity contribution in [3.05, 3.63) is 23.8 Å². The van der Waals surface area contributed by atoms with Crippen molar-refractivity contribution >= 4 is 17.8 Å². The number of esters is 1. The standard InChI is InChI=1S/C18H26N2O6/c1-12(2)20-15(21)10-19-16(22)11-26-17(23)9-8-13-6-5-7-14(24-3)18(13)25-4/h5-7,12H,8-11H2,1-4H3,(H,19,22)(H,20,21). The number of amides is 2. The van der Waals surface area contributed by atoms with Crippen LogP contribution < -0.4 is 20.1 Å². The van der Waals surface area contributed by atoms with E-state index in [-0.39, 0.29) is 24.9 Å². The van der Waals surface area contributed by atoms with E-state index in [2.05, 4.69) is 10.6 Å². The van der Waals surface area contributed by atoms with E-state index in [0.29, 0.717) is 17.9 Å². The number of carbonyl (C=O) groups excluding carboxylic acids is 3. The minimum absolute atomic E-state index is 0.00849. The molecule has 0 aliphatic heterocycles. The molecule has 0 aromatic heterocycles. The van der Waals surface area contributed by atoms with Crippen molar-refractivity contribution in [2.24, 2.45) is 0 Å². The smallest absolute Gasteiger partial charge is 0.306 e. The van der Waals surface area contributed by atoms with Gasteiger partial charge in [-0.05, 0) is 31.9 Å². The topological polar surface area (TPSA) is 103 Å². The number of hydrogen-bond acceptors (Lipinski definition) is 6. The van der Waals surface area contributed by atoms with Crippen molar-refractivity contribution in [1.29, 1.82) is 0 Å². The number of ether oxygens (including phenoxy) is 3. The fraction of sp³-hybridized carbons (Fsp3) is 0.500. The maximum atomic E-state index is 11.8. The number of hydrogen-bond donors (Lipinski definition) is 2. The lowest BCUT2D eigenvalue weighted by atomic mass is 10.1. The second kappa shape index (κ2) is 11.0. The predicted octanol–water partition coefficient (Wildman–Crippen LogP) is 0.820. The molecule has 0 radical (unpaired) electrons. The molecular formula is C18H26N2O6. The number of para-hydroxylation sites is 1. The number of nitrogens with one attached hydrogen (secondary N) is 2. The fourth-order valence-electron chi connectivity index (χ4n) is 2.21. The maximum Gasteiger partial charge on any atom is 0.306 e. The molecule has 0 heterocycles. The van der Waals surface area contributed by atoms with Gasteiger partial charge in [0.1, 0.15) is 0 Å². The van der Waals surface area contributed by atoms with Gasteiger partial charge in [-0.15, -0.1) is 0 Å². The molecule has 0 bridgehead atoms. The average Bonchev–Trinajstić information content (AvgIpc) is 2.61. The molecule has 0 fully saturated rings. The lowest BCUT2D eigenvalue weighted by molar-refractivity contribution is -0.148. The summed E-state index contributed by atoms with van der Waals surface area (Å²) in [6.07, 6.45) is 0.474. The zero-order valence-electron chi connectivity index (χ0n) is 15.6. The van der Waals surface area contributed by atoms with Crippen LogP contribution in [0.15, 0.2) is 18.2 Å². The summed E-state index contributed by atoms with van der Waals surface area (Å²) in [7, 11) is 3.06. The summed E-state index contributed by atoms with van der Waals surface area (Å²) in [4.78, 5) is 34.8. The summed E-state index contributed by atoms with van der Waals surface area (Å²) in [5.41, 5.74) is 0.804. The largest absolute Gasteiger partial charge is 0.493 e. The Bertz CT molecular complexity index is 630. The summed E-state index contributed by atoms with van der Waals surface area (Å²) in [6.45, 7) is 3.05. The Morgan fingerprint density at radius 3 is 2.42 bits per heavy atom. The average molecular weight is 366 g/mol. The molecule has 26 heavy (non-hydrogen) atoms. The first-order valence-corrected chi connectivity index (χ1v) is 8.29. The third kappa shape index (κ3) is 7.42. The predicted molar refractivity (Wildman–Crippen MR) is 95.1 cm³/mol. The van der Waals surface area contributed by atoms with E-state index in [1.165, 1.54) is 14.2 Å². The summed E-state index contributed by atoms with van der Waals surface area (Å²) >= 11 is 0. The van der Waals surface area contributed by atoms with Gasteiger partial charge in [0.2, 0.25) is 5.91 Å². The molecule has 1 aromatic carbocycles. The second-order valence-electron chi connectivity index (χ2n) is 5.81. The van der Waals surface area contributed by atoms with Crippen LogP contribution in [-0.4, -0.2) is 51.2 Å². The first kappa shape index (κ1) is 21.3. The normalized spacial score (nSPS) is 10.2. The molecule has 1 aromatic rings. The van der Waals surface area contributed by atoms with Crippen LogP contribution in [-0.2, 0) is 25.5 Å². The minimum Gasteiger partial charge on any atom is -0.493 e. The van der Waals surface area contributed by atoms with Crippen molar-refractivity contribution in [2.75, 3.05) is 27.4 Å². The van der Waals surface area contributed by atoms with Gasteiger partial charge in [-0.1, -0.05) is 12.1 Å². The van der Waals surface area contributed by atoms with Gasteiger partial charge in [-0.25, -0.2) is 0 Å². The van der Waals surface area contributed by atoms with Crippen molar-refractivity contribution in [3.63, 3.8) is 0 Å². The minimum atomic E-state index is -0.531. The third-order valence-corrected chi connectivity index (χ3v) is 3.34. The molecule has 8 nitrogen and oxygen atoms in total. The van der Waals surface area contributed by atoms with Crippen molar-refractivity contribution in [3.8, 4) is 11.5 Å². The Kier molecular flexibility index (Phi) is 8.97. The highest BCUT2D eigenvalue weighted by atomic mass is 16.5. The molecule has 0 saturated carbocycles. The Labute approximate surface area is 153 Å². The summed E-state index contributed by atoms with van der Waals surface area (Å²) in [6, 6.07) is 5.39. The van der Waals surface area contributed by atoms with Crippen molar-refractivity contribution in [2.45, 2.75) is 32.7 Å². The van der Waals surface area contributed by atoms with Gasteiger partial charge in [0.05, 0.1) is 20.8 Å². The Hall–Kier alpha value is -2.77. The van der Waals surface area contributed by atoms with Crippen LogP contribution in [0.2, 0.25) is 0 Å². The van der Waals surface area contributed by atoms with Gasteiger partial charge in [0, 0.05) is 12.5 Å². The van der Waals surface area contributed by atoms with Gasteiger partial charge in [0.25, 0.3) is 5.91 Å². The summed E-state index contributed by atoms with van der Waals surface area (Å²) < 4.78 is 15.4. The molecule has 0 atom stereocenters. The summed E-state index contributed by atoms with van der Waals surface area (Å²) in [5, 5.41) is 5.02. The molecule has 8 heteroatoms. The van der Waals surface area contributed by atoms with Gasteiger partial charge in [-0.2, -0.15) is 0 Å². The highest BCUT2D eigenvalue weighted by molar-refractivity contribution is 5.86. The van der Waals surface area contributed by atoms with Gasteiger partial charge in [0.15, 0.2) is 18.1 Å². The molecule has 0 aliphatic rings. The summed E-state index contributed by atoms with van der Waals surface area (Å²) in [5.74, 6) is -0.202. The molecule has 0 unspecified atom stereocenters. The van der Waals surface area contributed by atoms with E-state index in [4.69, 9.17) is 14.2 Å². The van der Waals surface area contributed by atoms with Crippen LogP contribution >= 0.6 is 0 Å². The first-order valence-electron chi connectivity index (χ1n) is 8.29. The quantitative estimate of drug-likeness (QED) is 0.594. The number of methoxy groups -OCH3 is 2. The van der Waals surface area contributed by atoms with Gasteiger partial charge < -0.3 is 24.8 Å². The highest BCUT2D eigenvalue weighted by Gasteiger charge is 2.13. The number of benzene rings is 1. The Morgan fingerprint density at radius 2 is 1.81 bits per heavy atom. The van der Waals surface area contributed by atoms with Crippen LogP contribution in [0.1, 0.15) is 25.8 Å². The van der Waals surface area contributed by atoms with Crippen LogP contribution in [0.25, 0.3) is 0 Å². The second-order valence-corrected chi connectivity index (χ2v) is 5.81. The van der Waals surface area contributed by atoms with Crippen molar-refractivity contribution < 1.29 is 28.6 Å². The van der Waals surface area contributed by atoms with Crippen LogP contribution in [0.3, 0.4) is 0 Å². The van der Waals surface area contributed by atoms with Crippen LogP contribution in [0.5, 0.6) is 11.5 Å². The molecule has 2 N–H and O–H groups in total. The van der Waals surface area contributed by atoms with Crippen LogP contribution in [0, 0.1) is 0 Å². The number of rotatable bonds is 10. The lowest BCUT2D eigenvalue weighted by Crippen LogP contribution is -2.41. The fourth-order valence-corrected chi connectivity index (χ4v) is 2.21. The molecular weight excluding hydrogens is 340 g/mol. The third-order valence-electron chi connectivity index (χ3n) is 3.34. The zero-order valence-corrected chi connectivity index (χ0v) is 15.6. The highest BCUT2D eigenvalue weighted by Crippen LogP contribution is 2.31. The van der Waals surface area contributed by atoms with E-state index < -0.39 is 18.5 Å². The SMILES string of the molecule is COc1cccc(CCC(=O)OCC(=O)NCC(=O)NC(C)C)c1OC. The molecule has 144 valence electrons. The molecule has 1 rings (SSSR count). The molecule has 0 aliphatic carbocycles. The van der Waals surface area contributed by atoms with E-state index in [1.54, 1.807) is 12.1 Å². The van der Waals surface area contributed by atoms with Crippen molar-refractivity contribution in [1.82, 2.24) is 10.6 Å². The van der Waals surface area contributed by atoms with E-state index in [9.17, 15) is 14.4 Å².